The summed E-state index contributed by atoms with van der Waals surface area (Å²) >= 11 is 0. The van der Waals surface area contributed by atoms with Crippen LogP contribution < -0.4 is 10.0 Å². The molecular weight excluding hydrogens is 368 g/mol. The van der Waals surface area contributed by atoms with E-state index >= 15 is 0 Å². The van der Waals surface area contributed by atoms with Crippen LogP contribution in [0.15, 0.2) is 41.3 Å². The maximum atomic E-state index is 12.6. The van der Waals surface area contributed by atoms with Crippen molar-refractivity contribution in [3.63, 3.8) is 0 Å². The molecule has 0 spiro atoms. The molecule has 0 radical (unpaired) electrons. The van der Waals surface area contributed by atoms with Crippen LogP contribution in [0.3, 0.4) is 0 Å². The van der Waals surface area contributed by atoms with Gasteiger partial charge < -0.3 is 10.1 Å². The van der Waals surface area contributed by atoms with Crippen molar-refractivity contribution in [3.05, 3.63) is 58.7 Å². The predicted octanol–water partition coefficient (Wildman–Crippen LogP) is 2.32. The Morgan fingerprint density at radius 2 is 1.56 bits per heavy atom. The molecule has 0 unspecified atom stereocenters. The van der Waals surface area contributed by atoms with Gasteiger partial charge in [-0.15, -0.1) is 0 Å². The molecule has 27 heavy (non-hydrogen) atoms. The van der Waals surface area contributed by atoms with Crippen LogP contribution >= 0.6 is 0 Å². The summed E-state index contributed by atoms with van der Waals surface area (Å²) < 4.78 is 32.0. The van der Waals surface area contributed by atoms with Crippen LogP contribution in [0.1, 0.15) is 27.0 Å². The molecule has 144 valence electrons. The number of sulfonamides is 1. The zero-order chi connectivity index (χ0) is 20.2. The number of hydrogen-bond acceptors (Lipinski definition) is 5. The minimum absolute atomic E-state index is 0.184. The normalized spacial score (nSPS) is 11.1. The van der Waals surface area contributed by atoms with E-state index < -0.39 is 28.4 Å². The number of anilines is 1. The number of amides is 1. The lowest BCUT2D eigenvalue weighted by Gasteiger charge is -2.13. The first-order valence-corrected chi connectivity index (χ1v) is 9.68. The summed E-state index contributed by atoms with van der Waals surface area (Å²) in [5, 5.41) is 2.57. The van der Waals surface area contributed by atoms with Gasteiger partial charge in [0.05, 0.1) is 24.1 Å². The molecule has 2 aromatic rings. The molecule has 8 heteroatoms. The first-order valence-electron chi connectivity index (χ1n) is 8.20. The van der Waals surface area contributed by atoms with Crippen molar-refractivity contribution < 1.29 is 22.7 Å². The van der Waals surface area contributed by atoms with E-state index in [9.17, 15) is 18.0 Å². The summed E-state index contributed by atoms with van der Waals surface area (Å²) in [7, 11) is -2.54. The Bertz CT molecular complexity index is 943. The van der Waals surface area contributed by atoms with Gasteiger partial charge in [-0.25, -0.2) is 17.9 Å². The van der Waals surface area contributed by atoms with Crippen molar-refractivity contribution in [3.8, 4) is 0 Å². The fourth-order valence-electron chi connectivity index (χ4n) is 2.84. The third kappa shape index (κ3) is 5.15. The fraction of sp³-hybridized carbons (Fsp3) is 0.263. The molecule has 0 aliphatic heterocycles. The van der Waals surface area contributed by atoms with Crippen LogP contribution in [0.4, 0.5) is 5.69 Å². The molecule has 0 saturated heterocycles. The lowest BCUT2D eigenvalue weighted by molar-refractivity contribution is -0.115. The third-order valence-electron chi connectivity index (χ3n) is 3.89. The van der Waals surface area contributed by atoms with Crippen LogP contribution in [-0.4, -0.2) is 33.9 Å². The molecule has 0 fully saturated rings. The second kappa shape index (κ2) is 8.32. The molecule has 2 aromatic carbocycles. The number of carbonyl (C=O) groups excluding carboxylic acids is 2. The third-order valence-corrected chi connectivity index (χ3v) is 5.59. The summed E-state index contributed by atoms with van der Waals surface area (Å²) in [6, 6.07) is 9.64. The molecule has 1 amide bonds. The van der Waals surface area contributed by atoms with Gasteiger partial charge in [0.2, 0.25) is 15.9 Å². The molecule has 0 aromatic heterocycles. The number of nitrogens with one attached hydrogen (secondary N) is 2. The van der Waals surface area contributed by atoms with Crippen molar-refractivity contribution >= 4 is 27.6 Å². The largest absolute Gasteiger partial charge is 0.465 e. The Hall–Kier alpha value is -2.71. The minimum Gasteiger partial charge on any atom is -0.465 e. The number of benzene rings is 2. The summed E-state index contributed by atoms with van der Waals surface area (Å²) in [5.41, 5.74) is 3.01. The SMILES string of the molecule is COC(=O)c1ccc(NC(=O)CNS(=O)(=O)c2c(C)cc(C)cc2C)cc1. The maximum absolute atomic E-state index is 12.6. The standard InChI is InChI=1S/C19H22N2O5S/c1-12-9-13(2)18(14(3)10-12)27(24,25)20-11-17(22)21-16-7-5-15(6-8-16)19(23)26-4/h5-10,20H,11H2,1-4H3,(H,21,22). The smallest absolute Gasteiger partial charge is 0.337 e. The van der Waals surface area contributed by atoms with E-state index in [1.807, 2.05) is 6.92 Å². The van der Waals surface area contributed by atoms with Crippen LogP contribution in [0.5, 0.6) is 0 Å². The summed E-state index contributed by atoms with van der Waals surface area (Å²) in [6.45, 7) is 4.92. The summed E-state index contributed by atoms with van der Waals surface area (Å²) in [6.07, 6.45) is 0. The van der Waals surface area contributed by atoms with Crippen LogP contribution in [0, 0.1) is 20.8 Å². The lowest BCUT2D eigenvalue weighted by atomic mass is 10.1. The molecule has 0 saturated carbocycles. The highest BCUT2D eigenvalue weighted by Crippen LogP contribution is 2.21. The van der Waals surface area contributed by atoms with Gasteiger partial charge in [-0.3, -0.25) is 4.79 Å². The Morgan fingerprint density at radius 3 is 2.07 bits per heavy atom. The molecule has 0 atom stereocenters. The van der Waals surface area contributed by atoms with Gasteiger partial charge in [-0.05, 0) is 56.2 Å². The van der Waals surface area contributed by atoms with Gasteiger partial charge in [-0.1, -0.05) is 17.7 Å². The number of esters is 1. The number of ether oxygens (including phenoxy) is 1. The number of aryl methyl sites for hydroxylation is 3. The number of methoxy groups -OCH3 is 1. The molecule has 0 aliphatic rings. The molecule has 7 nitrogen and oxygen atoms in total. The highest BCUT2D eigenvalue weighted by molar-refractivity contribution is 7.89. The molecule has 0 aliphatic carbocycles. The zero-order valence-electron chi connectivity index (χ0n) is 15.6. The first-order chi connectivity index (χ1) is 12.6. The second-order valence-electron chi connectivity index (χ2n) is 6.17. The predicted molar refractivity (Wildman–Crippen MR) is 102 cm³/mol. The van der Waals surface area contributed by atoms with E-state index in [0.717, 1.165) is 5.56 Å². The van der Waals surface area contributed by atoms with Gasteiger partial charge in [0, 0.05) is 5.69 Å². The number of rotatable bonds is 6. The Morgan fingerprint density at radius 1 is 1.00 bits per heavy atom. The zero-order valence-corrected chi connectivity index (χ0v) is 16.4. The first kappa shape index (κ1) is 20.6. The lowest BCUT2D eigenvalue weighted by Crippen LogP contribution is -2.33. The van der Waals surface area contributed by atoms with Crippen molar-refractivity contribution in [2.24, 2.45) is 0 Å². The fourth-order valence-corrected chi connectivity index (χ4v) is 4.27. The van der Waals surface area contributed by atoms with Crippen molar-refractivity contribution in [2.75, 3.05) is 19.0 Å². The maximum Gasteiger partial charge on any atom is 0.337 e. The van der Waals surface area contributed by atoms with E-state index in [1.165, 1.54) is 31.4 Å². The average molecular weight is 390 g/mol. The summed E-state index contributed by atoms with van der Waals surface area (Å²) in [5.74, 6) is -1.00. The molecule has 2 N–H and O–H groups in total. The molecule has 0 heterocycles. The summed E-state index contributed by atoms with van der Waals surface area (Å²) in [4.78, 5) is 23.6. The van der Waals surface area contributed by atoms with Crippen LogP contribution in [-0.2, 0) is 19.6 Å². The van der Waals surface area contributed by atoms with Crippen molar-refractivity contribution in [1.82, 2.24) is 4.72 Å². The topological polar surface area (TPSA) is 102 Å². The van der Waals surface area contributed by atoms with Gasteiger partial charge in [0.25, 0.3) is 0 Å². The highest BCUT2D eigenvalue weighted by Gasteiger charge is 2.20. The van der Waals surface area contributed by atoms with Crippen LogP contribution in [0.25, 0.3) is 0 Å². The molecular formula is C19H22N2O5S. The monoisotopic (exact) mass is 390 g/mol. The van der Waals surface area contributed by atoms with E-state index in [2.05, 4.69) is 14.8 Å². The quantitative estimate of drug-likeness (QED) is 0.737. The van der Waals surface area contributed by atoms with Gasteiger partial charge in [-0.2, -0.15) is 0 Å². The van der Waals surface area contributed by atoms with E-state index in [4.69, 9.17) is 0 Å². The van der Waals surface area contributed by atoms with Crippen molar-refractivity contribution in [1.29, 1.82) is 0 Å². The minimum atomic E-state index is -3.82. The Kier molecular flexibility index (Phi) is 6.35. The number of hydrogen-bond donors (Lipinski definition) is 2. The molecule has 2 rings (SSSR count). The molecule has 0 bridgehead atoms. The highest BCUT2D eigenvalue weighted by atomic mass is 32.2. The Labute approximate surface area is 158 Å². The van der Waals surface area contributed by atoms with Gasteiger partial charge in [0.1, 0.15) is 0 Å². The van der Waals surface area contributed by atoms with Crippen molar-refractivity contribution in [2.45, 2.75) is 25.7 Å². The van der Waals surface area contributed by atoms with E-state index in [-0.39, 0.29) is 4.90 Å². The van der Waals surface area contributed by atoms with Crippen LogP contribution in [0.2, 0.25) is 0 Å². The van der Waals surface area contributed by atoms with Gasteiger partial charge >= 0.3 is 5.97 Å². The average Bonchev–Trinajstić information content (AvgIpc) is 2.59. The van der Waals surface area contributed by atoms with E-state index in [1.54, 1.807) is 26.0 Å². The number of carbonyl (C=O) groups is 2. The van der Waals surface area contributed by atoms with Gasteiger partial charge in [0.15, 0.2) is 0 Å². The Balaban J connectivity index is 2.04. The second-order valence-corrected chi connectivity index (χ2v) is 7.87. The van der Waals surface area contributed by atoms with E-state index in [0.29, 0.717) is 22.4 Å².